The minimum atomic E-state index is -5.12. The number of nitrogens with two attached hydrogens (primary N) is 1. The molecular weight excluding hydrogens is 702 g/mol. The first-order valence-electron chi connectivity index (χ1n) is 14.7. The highest BCUT2D eigenvalue weighted by molar-refractivity contribution is 7.84. The molecule has 21 heteroatoms. The van der Waals surface area contributed by atoms with Crippen molar-refractivity contribution >= 4 is 62.0 Å². The Morgan fingerprint density at radius 3 is 2.38 bits per heavy atom. The zero-order valence-electron chi connectivity index (χ0n) is 25.7. The van der Waals surface area contributed by atoms with Gasteiger partial charge in [0.1, 0.15) is 5.69 Å². The molecule has 1 aliphatic heterocycles. The molecule has 1 saturated carbocycles. The number of β-lactam (4-membered cyclic amide) rings is 1. The number of nitrogens with one attached hydrogen (secondary N) is 3. The van der Waals surface area contributed by atoms with Crippen LogP contribution in [0.4, 0.5) is 5.13 Å². The van der Waals surface area contributed by atoms with Gasteiger partial charge in [-0.25, -0.2) is 14.1 Å². The van der Waals surface area contributed by atoms with E-state index in [4.69, 9.17) is 10.6 Å². The van der Waals surface area contributed by atoms with Gasteiger partial charge in [0, 0.05) is 60.3 Å². The molecule has 2 fully saturated rings. The smallest absolute Gasteiger partial charge is 0.362 e. The summed E-state index contributed by atoms with van der Waals surface area (Å²) in [6.45, 7) is -0.664. The first-order chi connectivity index (χ1) is 23.6. The second-order valence-corrected chi connectivity index (χ2v) is 13.5. The van der Waals surface area contributed by atoms with E-state index in [2.05, 4.69) is 25.8 Å². The monoisotopic (exact) mass is 731 g/mol. The molecule has 1 aliphatic carbocycles. The van der Waals surface area contributed by atoms with Crippen molar-refractivity contribution in [2.75, 3.05) is 12.3 Å². The SMILES string of the molecule is Nc1nc(/C(=N/OC2(C(=O)O)CCC2)C(=O)C[C@@H]2C(=O)N(S(=O)(=O)O)[C@@H]2CNC(=O)c2cccc(C(=O)NCc3cc(=O)c(O)c[nH]3)c2)cs1. The van der Waals surface area contributed by atoms with Gasteiger partial charge in [-0.3, -0.25) is 28.5 Å². The molecule has 8 N–H and O–H groups in total. The lowest BCUT2D eigenvalue weighted by Gasteiger charge is -2.44. The van der Waals surface area contributed by atoms with Crippen molar-refractivity contribution in [2.24, 2.45) is 11.1 Å². The zero-order valence-corrected chi connectivity index (χ0v) is 27.3. The third-order valence-corrected chi connectivity index (χ3v) is 9.72. The molecule has 5 rings (SSSR count). The number of H-pyrrole nitrogens is 1. The molecule has 2 aliphatic rings. The Labute approximate surface area is 286 Å². The van der Waals surface area contributed by atoms with Gasteiger partial charge in [-0.15, -0.1) is 11.3 Å². The summed E-state index contributed by atoms with van der Waals surface area (Å²) in [4.78, 5) is 87.4. The predicted molar refractivity (Wildman–Crippen MR) is 172 cm³/mol. The summed E-state index contributed by atoms with van der Waals surface area (Å²) in [7, 11) is -5.12. The highest BCUT2D eigenvalue weighted by Gasteiger charge is 2.54. The summed E-state index contributed by atoms with van der Waals surface area (Å²) in [5.74, 6) is -6.61. The topological polar surface area (TPSA) is 301 Å². The van der Waals surface area contributed by atoms with Crippen LogP contribution in [0.25, 0.3) is 0 Å². The van der Waals surface area contributed by atoms with Crippen LogP contribution in [0.1, 0.15) is 57.8 Å². The average molecular weight is 732 g/mol. The fourth-order valence-electron chi connectivity index (χ4n) is 5.20. The average Bonchev–Trinajstić information content (AvgIpc) is 3.47. The number of nitrogen functional groups attached to an aromatic ring is 1. The molecule has 0 unspecified atom stereocenters. The lowest BCUT2D eigenvalue weighted by Crippen LogP contribution is -2.66. The van der Waals surface area contributed by atoms with Crippen LogP contribution in [0.5, 0.6) is 5.75 Å². The third-order valence-electron chi connectivity index (χ3n) is 8.10. The standard InChI is InChI=1S/C29H29N7O12S2/c30-28-34-18(13-49-28)23(35-48-29(27(43)44)5-2-6-29)21(38)9-17-19(36(26(17)42)50(45,46)47)11-33-25(41)15-4-1-3-14(7-15)24(40)32-10-16-8-20(37)22(39)12-31-16/h1,3-4,7-8,12-13,17,19,39H,2,5-6,9-11H2,(H2,30,34)(H,31,37)(H,32,40)(H,33,41)(H,43,44)(H,45,46,47)/b35-23-/t17-,19+/m0/s1. The predicted octanol–water partition coefficient (Wildman–Crippen LogP) is -0.204. The number of amides is 3. The van der Waals surface area contributed by atoms with Crippen LogP contribution in [-0.4, -0.2) is 90.8 Å². The third kappa shape index (κ3) is 7.48. The molecule has 0 bridgehead atoms. The molecule has 264 valence electrons. The molecule has 1 saturated heterocycles. The van der Waals surface area contributed by atoms with Crippen LogP contribution in [-0.2, 0) is 36.1 Å². The van der Waals surface area contributed by atoms with Crippen molar-refractivity contribution in [2.45, 2.75) is 43.9 Å². The van der Waals surface area contributed by atoms with Gasteiger partial charge in [0.15, 0.2) is 22.4 Å². The number of Topliss-reactive ketones (excluding diaryl/α,β-unsaturated/α-hetero) is 1. The van der Waals surface area contributed by atoms with E-state index in [1.165, 1.54) is 29.6 Å². The minimum Gasteiger partial charge on any atom is -0.503 e. The van der Waals surface area contributed by atoms with Crippen LogP contribution < -0.4 is 21.8 Å². The van der Waals surface area contributed by atoms with Crippen molar-refractivity contribution in [1.82, 2.24) is 24.9 Å². The normalized spacial score (nSPS) is 18.4. The van der Waals surface area contributed by atoms with E-state index in [0.29, 0.717) is 12.1 Å². The van der Waals surface area contributed by atoms with Gasteiger partial charge in [0.25, 0.3) is 11.8 Å². The largest absolute Gasteiger partial charge is 0.503 e. The number of benzene rings is 1. The number of aliphatic carboxylic acids is 1. The second kappa shape index (κ2) is 14.1. The van der Waals surface area contributed by atoms with Gasteiger partial charge < -0.3 is 36.4 Å². The molecule has 0 radical (unpaired) electrons. The Kier molecular flexibility index (Phi) is 10.0. The number of carbonyl (C=O) groups is 5. The van der Waals surface area contributed by atoms with E-state index in [9.17, 15) is 52.0 Å². The number of carboxylic acids is 1. The molecule has 3 amide bonds. The summed E-state index contributed by atoms with van der Waals surface area (Å²) >= 11 is 0.948. The van der Waals surface area contributed by atoms with Crippen molar-refractivity contribution in [3.05, 3.63) is 74.6 Å². The minimum absolute atomic E-state index is 0.0385. The highest BCUT2D eigenvalue weighted by Crippen LogP contribution is 2.37. The van der Waals surface area contributed by atoms with Crippen molar-refractivity contribution < 1.29 is 52.0 Å². The number of ketones is 1. The Hall–Kier alpha value is -5.67. The summed E-state index contributed by atoms with van der Waals surface area (Å²) in [5.41, 5.74) is 3.16. The number of aromatic amines is 1. The van der Waals surface area contributed by atoms with Crippen LogP contribution in [0.2, 0.25) is 0 Å². The Balaban J connectivity index is 1.28. The maximum absolute atomic E-state index is 13.5. The van der Waals surface area contributed by atoms with Gasteiger partial charge in [-0.05, 0) is 24.6 Å². The number of thiazole rings is 1. The maximum Gasteiger partial charge on any atom is 0.362 e. The van der Waals surface area contributed by atoms with Gasteiger partial charge in [0.05, 0.1) is 18.5 Å². The van der Waals surface area contributed by atoms with Crippen LogP contribution in [0.15, 0.2) is 51.9 Å². The molecule has 0 spiro atoms. The molecule has 3 heterocycles. The van der Waals surface area contributed by atoms with Crippen LogP contribution in [0.3, 0.4) is 0 Å². The summed E-state index contributed by atoms with van der Waals surface area (Å²) in [5, 5.41) is 29.1. The molecule has 50 heavy (non-hydrogen) atoms. The number of oxime groups is 1. The fraction of sp³-hybridized carbons (Fsp3) is 0.310. The van der Waals surface area contributed by atoms with Crippen LogP contribution in [0, 0.1) is 5.92 Å². The number of anilines is 1. The second-order valence-electron chi connectivity index (χ2n) is 11.3. The van der Waals surface area contributed by atoms with E-state index >= 15 is 0 Å². The first kappa shape index (κ1) is 35.6. The number of aromatic nitrogens is 2. The quantitative estimate of drug-likeness (QED) is 0.0489. The lowest BCUT2D eigenvalue weighted by atomic mass is 9.80. The molecule has 1 aromatic carbocycles. The van der Waals surface area contributed by atoms with Gasteiger partial charge in [-0.2, -0.15) is 8.42 Å². The lowest BCUT2D eigenvalue weighted by molar-refractivity contribution is -0.178. The van der Waals surface area contributed by atoms with Gasteiger partial charge in [-0.1, -0.05) is 11.2 Å². The van der Waals surface area contributed by atoms with Gasteiger partial charge >= 0.3 is 16.3 Å². The molecule has 19 nitrogen and oxygen atoms in total. The Bertz CT molecular complexity index is 2070. The van der Waals surface area contributed by atoms with E-state index in [1.807, 2.05) is 0 Å². The number of rotatable bonds is 14. The fourth-order valence-corrected chi connectivity index (χ4v) is 6.68. The number of nitrogens with zero attached hydrogens (tertiary/aromatic N) is 3. The molecule has 3 aromatic rings. The number of aromatic hydroxyl groups is 1. The molecular formula is C29H29N7O12S2. The van der Waals surface area contributed by atoms with E-state index < -0.39 is 87.2 Å². The van der Waals surface area contributed by atoms with Crippen molar-refractivity contribution in [3.63, 3.8) is 0 Å². The zero-order chi connectivity index (χ0) is 36.4. The highest BCUT2D eigenvalue weighted by atomic mass is 32.2. The number of carboxylic acid groups (broad SMARTS) is 1. The first-order valence-corrected chi connectivity index (χ1v) is 17.0. The van der Waals surface area contributed by atoms with E-state index in [-0.39, 0.29) is 45.6 Å². The summed E-state index contributed by atoms with van der Waals surface area (Å²) in [6.07, 6.45) is 1.19. The van der Waals surface area contributed by atoms with Crippen molar-refractivity contribution in [1.29, 1.82) is 0 Å². The number of carbonyl (C=O) groups excluding carboxylic acids is 4. The molecule has 2 aromatic heterocycles. The van der Waals surface area contributed by atoms with Crippen molar-refractivity contribution in [3.8, 4) is 5.75 Å². The van der Waals surface area contributed by atoms with E-state index in [0.717, 1.165) is 23.6 Å². The van der Waals surface area contributed by atoms with Gasteiger partial charge in [0.2, 0.25) is 16.9 Å². The Morgan fingerprint density at radius 1 is 1.14 bits per heavy atom. The number of hydrogen-bond acceptors (Lipinski definition) is 14. The van der Waals surface area contributed by atoms with Crippen LogP contribution >= 0.6 is 11.3 Å². The summed E-state index contributed by atoms with van der Waals surface area (Å²) in [6, 6.07) is 5.06. The Morgan fingerprint density at radius 2 is 1.82 bits per heavy atom. The maximum atomic E-state index is 13.5. The van der Waals surface area contributed by atoms with E-state index in [1.54, 1.807) is 0 Å². The number of pyridine rings is 1. The summed E-state index contributed by atoms with van der Waals surface area (Å²) < 4.78 is 33.9. The molecule has 2 atom stereocenters. The number of hydrogen-bond donors (Lipinski definition) is 7.